The summed E-state index contributed by atoms with van der Waals surface area (Å²) in [6, 6.07) is 9.23. The fourth-order valence-corrected chi connectivity index (χ4v) is 2.42. The van der Waals surface area contributed by atoms with Gasteiger partial charge in [0.2, 0.25) is 0 Å². The van der Waals surface area contributed by atoms with Gasteiger partial charge in [0.15, 0.2) is 9.84 Å². The molecule has 0 N–H and O–H groups in total. The molecule has 0 aliphatic carbocycles. The first-order chi connectivity index (χ1) is 6.43. The van der Waals surface area contributed by atoms with Crippen LogP contribution in [-0.2, 0) is 9.84 Å². The highest BCUT2D eigenvalue weighted by atomic mass is 35.5. The third-order valence-corrected chi connectivity index (χ3v) is 4.61. The topological polar surface area (TPSA) is 34.1 Å². The first-order valence-electron chi connectivity index (χ1n) is 4.31. The van der Waals surface area contributed by atoms with Crippen molar-refractivity contribution in [1.82, 2.24) is 0 Å². The Hall–Kier alpha value is -0.540. The lowest BCUT2D eigenvalue weighted by Gasteiger charge is -2.16. The summed E-state index contributed by atoms with van der Waals surface area (Å²) in [4.78, 5) is 0. The Bertz CT molecular complexity index is 386. The van der Waals surface area contributed by atoms with Crippen LogP contribution in [0, 0.1) is 0 Å². The molecule has 0 aliphatic heterocycles. The first kappa shape index (κ1) is 11.5. The molecule has 0 radical (unpaired) electrons. The zero-order valence-corrected chi connectivity index (χ0v) is 9.72. The van der Waals surface area contributed by atoms with Crippen molar-refractivity contribution in [1.29, 1.82) is 0 Å². The monoisotopic (exact) mass is 232 g/mol. The molecule has 2 unspecified atom stereocenters. The molecular weight excluding hydrogens is 220 g/mol. The summed E-state index contributed by atoms with van der Waals surface area (Å²) in [6.07, 6.45) is 1.20. The lowest BCUT2D eigenvalue weighted by Crippen LogP contribution is -2.21. The van der Waals surface area contributed by atoms with E-state index in [-0.39, 0.29) is 0 Å². The Balaban J connectivity index is 2.92. The van der Waals surface area contributed by atoms with Gasteiger partial charge in [0.05, 0.1) is 10.6 Å². The maximum atomic E-state index is 11.3. The van der Waals surface area contributed by atoms with Gasteiger partial charge in [-0.25, -0.2) is 8.42 Å². The van der Waals surface area contributed by atoms with Gasteiger partial charge < -0.3 is 0 Å². The van der Waals surface area contributed by atoms with Crippen molar-refractivity contribution in [2.24, 2.45) is 0 Å². The Labute approximate surface area is 89.8 Å². The Morgan fingerprint density at radius 3 is 2.14 bits per heavy atom. The summed E-state index contributed by atoms with van der Waals surface area (Å²) >= 11 is 6.06. The lowest BCUT2D eigenvalue weighted by atomic mass is 10.1. The molecule has 4 heteroatoms. The molecule has 1 rings (SSSR count). The van der Waals surface area contributed by atoms with Crippen LogP contribution >= 0.6 is 11.6 Å². The molecule has 2 atom stereocenters. The van der Waals surface area contributed by atoms with Gasteiger partial charge in [-0.2, -0.15) is 0 Å². The number of halogens is 1. The number of hydrogen-bond acceptors (Lipinski definition) is 2. The molecule has 0 aromatic heterocycles. The van der Waals surface area contributed by atoms with E-state index in [0.717, 1.165) is 5.56 Å². The van der Waals surface area contributed by atoms with Crippen LogP contribution in [0.4, 0.5) is 0 Å². The standard InChI is InChI=1S/C10H13ClO2S/c1-8(14(2,12)13)10(11)9-6-4-3-5-7-9/h3-8,10H,1-2H3. The molecule has 0 spiro atoms. The van der Waals surface area contributed by atoms with Crippen molar-refractivity contribution in [3.63, 3.8) is 0 Å². The zero-order valence-electron chi connectivity index (χ0n) is 8.14. The molecule has 0 saturated carbocycles. The average Bonchev–Trinajstić information content (AvgIpc) is 2.15. The van der Waals surface area contributed by atoms with Crippen molar-refractivity contribution in [2.75, 3.05) is 6.26 Å². The van der Waals surface area contributed by atoms with E-state index in [1.54, 1.807) is 6.92 Å². The van der Waals surface area contributed by atoms with E-state index in [1.165, 1.54) is 6.26 Å². The van der Waals surface area contributed by atoms with Crippen LogP contribution in [0.15, 0.2) is 30.3 Å². The molecule has 0 heterocycles. The largest absolute Gasteiger partial charge is 0.229 e. The second-order valence-corrected chi connectivity index (χ2v) is 6.22. The normalized spacial score (nSPS) is 16.2. The van der Waals surface area contributed by atoms with E-state index in [1.807, 2.05) is 30.3 Å². The minimum Gasteiger partial charge on any atom is -0.229 e. The van der Waals surface area contributed by atoms with Crippen LogP contribution in [-0.4, -0.2) is 19.9 Å². The third kappa shape index (κ3) is 2.72. The van der Waals surface area contributed by atoms with E-state index >= 15 is 0 Å². The quantitative estimate of drug-likeness (QED) is 0.750. The van der Waals surface area contributed by atoms with E-state index in [0.29, 0.717) is 0 Å². The van der Waals surface area contributed by atoms with Gasteiger partial charge >= 0.3 is 0 Å². The highest BCUT2D eigenvalue weighted by Gasteiger charge is 2.24. The molecule has 1 aromatic rings. The number of sulfone groups is 1. The van der Waals surface area contributed by atoms with Crippen molar-refractivity contribution >= 4 is 21.4 Å². The van der Waals surface area contributed by atoms with Gasteiger partial charge in [-0.1, -0.05) is 30.3 Å². The molecule has 1 aromatic carbocycles. The van der Waals surface area contributed by atoms with Crippen LogP contribution in [0.25, 0.3) is 0 Å². The molecular formula is C10H13ClO2S. The fraction of sp³-hybridized carbons (Fsp3) is 0.400. The van der Waals surface area contributed by atoms with Crippen molar-refractivity contribution in [2.45, 2.75) is 17.6 Å². The minimum atomic E-state index is -3.08. The second kappa shape index (κ2) is 4.32. The van der Waals surface area contributed by atoms with Crippen LogP contribution in [0.1, 0.15) is 17.9 Å². The Morgan fingerprint density at radius 2 is 1.71 bits per heavy atom. The van der Waals surface area contributed by atoms with Gasteiger partial charge in [-0.05, 0) is 12.5 Å². The number of benzene rings is 1. The number of rotatable bonds is 3. The van der Waals surface area contributed by atoms with E-state index in [9.17, 15) is 8.42 Å². The third-order valence-electron chi connectivity index (χ3n) is 2.21. The fourth-order valence-electron chi connectivity index (χ4n) is 1.12. The molecule has 0 amide bonds. The summed E-state index contributed by atoms with van der Waals surface area (Å²) in [5.74, 6) is 0. The van der Waals surface area contributed by atoms with E-state index in [2.05, 4.69) is 0 Å². The van der Waals surface area contributed by atoms with E-state index < -0.39 is 20.5 Å². The Kier molecular flexibility index (Phi) is 3.56. The summed E-state index contributed by atoms with van der Waals surface area (Å²) in [6.45, 7) is 1.62. The van der Waals surface area contributed by atoms with Crippen LogP contribution in [0.5, 0.6) is 0 Å². The summed E-state index contributed by atoms with van der Waals surface area (Å²) < 4.78 is 22.5. The van der Waals surface area contributed by atoms with Crippen LogP contribution in [0.2, 0.25) is 0 Å². The van der Waals surface area contributed by atoms with Crippen molar-refractivity contribution < 1.29 is 8.42 Å². The predicted molar refractivity (Wildman–Crippen MR) is 59.3 cm³/mol. The Morgan fingerprint density at radius 1 is 1.21 bits per heavy atom. The van der Waals surface area contributed by atoms with Crippen LogP contribution < -0.4 is 0 Å². The van der Waals surface area contributed by atoms with Gasteiger partial charge in [0, 0.05) is 6.26 Å². The zero-order chi connectivity index (χ0) is 10.8. The summed E-state index contributed by atoms with van der Waals surface area (Å²) in [5, 5.41) is -1.04. The molecule has 14 heavy (non-hydrogen) atoms. The minimum absolute atomic E-state index is 0.480. The average molecular weight is 233 g/mol. The second-order valence-electron chi connectivity index (χ2n) is 3.35. The highest BCUT2D eigenvalue weighted by Crippen LogP contribution is 2.27. The van der Waals surface area contributed by atoms with Gasteiger partial charge in [-0.3, -0.25) is 0 Å². The maximum absolute atomic E-state index is 11.3. The van der Waals surface area contributed by atoms with Crippen molar-refractivity contribution in [3.05, 3.63) is 35.9 Å². The number of hydrogen-bond donors (Lipinski definition) is 0. The predicted octanol–water partition coefficient (Wildman–Crippen LogP) is 2.40. The highest BCUT2D eigenvalue weighted by molar-refractivity contribution is 7.91. The van der Waals surface area contributed by atoms with Crippen molar-refractivity contribution in [3.8, 4) is 0 Å². The smallest absolute Gasteiger partial charge is 0.151 e. The molecule has 0 saturated heterocycles. The lowest BCUT2D eigenvalue weighted by molar-refractivity contribution is 0.587. The van der Waals surface area contributed by atoms with Gasteiger partial charge in [-0.15, -0.1) is 11.6 Å². The molecule has 78 valence electrons. The molecule has 0 fully saturated rings. The summed E-state index contributed by atoms with van der Waals surface area (Å²) in [5.41, 5.74) is 0.840. The summed E-state index contributed by atoms with van der Waals surface area (Å²) in [7, 11) is -3.08. The molecule has 0 bridgehead atoms. The maximum Gasteiger partial charge on any atom is 0.151 e. The first-order valence-corrected chi connectivity index (χ1v) is 6.70. The van der Waals surface area contributed by atoms with Crippen LogP contribution in [0.3, 0.4) is 0 Å². The van der Waals surface area contributed by atoms with Gasteiger partial charge in [0.25, 0.3) is 0 Å². The SMILES string of the molecule is CC(C(Cl)c1ccccc1)S(C)(=O)=O. The number of alkyl halides is 1. The van der Waals surface area contributed by atoms with E-state index in [4.69, 9.17) is 11.6 Å². The molecule has 2 nitrogen and oxygen atoms in total. The van der Waals surface area contributed by atoms with Gasteiger partial charge in [0.1, 0.15) is 0 Å². The molecule has 0 aliphatic rings.